The third-order valence-electron chi connectivity index (χ3n) is 5.05. The monoisotopic (exact) mass is 378 g/mol. The number of carbonyl (C=O) groups is 1. The van der Waals surface area contributed by atoms with Gasteiger partial charge in [0.1, 0.15) is 17.1 Å². The van der Waals surface area contributed by atoms with Gasteiger partial charge in [0, 0.05) is 23.9 Å². The summed E-state index contributed by atoms with van der Waals surface area (Å²) >= 11 is 0. The number of esters is 1. The van der Waals surface area contributed by atoms with Gasteiger partial charge < -0.3 is 10.1 Å². The van der Waals surface area contributed by atoms with Crippen LogP contribution in [0.2, 0.25) is 0 Å². The lowest BCUT2D eigenvalue weighted by molar-refractivity contribution is -0.00637. The summed E-state index contributed by atoms with van der Waals surface area (Å²) < 4.78 is 5.83. The van der Waals surface area contributed by atoms with E-state index in [1.54, 1.807) is 16.9 Å². The number of nitrogens with one attached hydrogen (secondary N) is 1. The molecule has 0 unspecified atom stereocenters. The molecule has 3 aromatic rings. The van der Waals surface area contributed by atoms with Crippen LogP contribution in [0.5, 0.6) is 0 Å². The maximum atomic E-state index is 12.6. The van der Waals surface area contributed by atoms with Crippen LogP contribution in [0.25, 0.3) is 16.7 Å². The van der Waals surface area contributed by atoms with E-state index in [4.69, 9.17) is 4.74 Å². The zero-order valence-electron chi connectivity index (χ0n) is 16.8. The Labute approximate surface area is 164 Å². The zero-order chi connectivity index (χ0) is 19.9. The van der Waals surface area contributed by atoms with Gasteiger partial charge in [-0.1, -0.05) is 12.1 Å². The average Bonchev–Trinajstić information content (AvgIpc) is 3.03. The van der Waals surface area contributed by atoms with Gasteiger partial charge in [0.2, 0.25) is 0 Å². The molecule has 0 saturated carbocycles. The number of carbonyl (C=O) groups excluding carboxylic acids is 1. The summed E-state index contributed by atoms with van der Waals surface area (Å²) in [5, 5.41) is 12.5. The number of aromatic nitrogens is 3. The standard InChI is InChI=1S/C22H26N4O2/c1-21(2)13-17(14-22(3,4)25-21)28-20(27)15-9-11-16(12-10-15)26-23-18-7-5-6-8-19(18)24-26/h5-12,17,25H,13-14H2,1-4H3. The van der Waals surface area contributed by atoms with Crippen LogP contribution in [0.1, 0.15) is 50.9 Å². The number of nitrogens with zero attached hydrogens (tertiary/aromatic N) is 3. The highest BCUT2D eigenvalue weighted by atomic mass is 16.5. The first kappa shape index (κ1) is 18.6. The second-order valence-electron chi connectivity index (χ2n) is 8.85. The molecule has 6 heteroatoms. The van der Waals surface area contributed by atoms with Crippen molar-refractivity contribution >= 4 is 17.0 Å². The smallest absolute Gasteiger partial charge is 0.338 e. The maximum Gasteiger partial charge on any atom is 0.338 e. The summed E-state index contributed by atoms with van der Waals surface area (Å²) in [4.78, 5) is 14.2. The molecule has 6 nitrogen and oxygen atoms in total. The molecule has 0 atom stereocenters. The molecule has 2 aromatic carbocycles. The van der Waals surface area contributed by atoms with Gasteiger partial charge in [-0.05, 0) is 64.1 Å². The average molecular weight is 378 g/mol. The molecule has 0 amide bonds. The van der Waals surface area contributed by atoms with Gasteiger partial charge in [0.05, 0.1) is 11.3 Å². The van der Waals surface area contributed by atoms with Crippen molar-refractivity contribution in [3.63, 3.8) is 0 Å². The highest BCUT2D eigenvalue weighted by Crippen LogP contribution is 2.30. The first-order chi connectivity index (χ1) is 13.2. The molecule has 0 bridgehead atoms. The molecule has 4 rings (SSSR count). The van der Waals surface area contributed by atoms with Crippen molar-refractivity contribution in [2.45, 2.75) is 57.7 Å². The Morgan fingerprint density at radius 2 is 1.50 bits per heavy atom. The van der Waals surface area contributed by atoms with Crippen LogP contribution in [0, 0.1) is 0 Å². The molecule has 1 fully saturated rings. The fraction of sp³-hybridized carbons (Fsp3) is 0.409. The van der Waals surface area contributed by atoms with Gasteiger partial charge >= 0.3 is 5.97 Å². The minimum absolute atomic E-state index is 0.0652. The molecule has 1 aliphatic heterocycles. The van der Waals surface area contributed by atoms with E-state index in [0.29, 0.717) is 5.56 Å². The number of hydrogen-bond donors (Lipinski definition) is 1. The fourth-order valence-electron chi connectivity index (χ4n) is 4.24. The topological polar surface area (TPSA) is 69.0 Å². The van der Waals surface area contributed by atoms with E-state index < -0.39 is 0 Å². The first-order valence-corrected chi connectivity index (χ1v) is 9.64. The largest absolute Gasteiger partial charge is 0.459 e. The maximum absolute atomic E-state index is 12.6. The van der Waals surface area contributed by atoms with E-state index in [1.165, 1.54) is 0 Å². The molecule has 1 N–H and O–H groups in total. The molecule has 0 radical (unpaired) electrons. The summed E-state index contributed by atoms with van der Waals surface area (Å²) in [7, 11) is 0. The zero-order valence-corrected chi connectivity index (χ0v) is 16.8. The summed E-state index contributed by atoms with van der Waals surface area (Å²) in [5.74, 6) is -0.288. The van der Waals surface area contributed by atoms with E-state index in [0.717, 1.165) is 29.6 Å². The number of hydrogen-bond acceptors (Lipinski definition) is 5. The fourth-order valence-corrected chi connectivity index (χ4v) is 4.24. The Balaban J connectivity index is 1.48. The van der Waals surface area contributed by atoms with Crippen LogP contribution in [0.15, 0.2) is 48.5 Å². The van der Waals surface area contributed by atoms with E-state index in [1.807, 2.05) is 36.4 Å². The Morgan fingerprint density at radius 3 is 2.04 bits per heavy atom. The number of ether oxygens (including phenoxy) is 1. The van der Waals surface area contributed by atoms with E-state index >= 15 is 0 Å². The number of piperidine rings is 1. The second kappa shape index (κ2) is 6.71. The minimum atomic E-state index is -0.288. The Kier molecular flexibility index (Phi) is 4.46. The molecule has 1 saturated heterocycles. The van der Waals surface area contributed by atoms with Gasteiger partial charge in [-0.3, -0.25) is 0 Å². The van der Waals surface area contributed by atoms with Gasteiger partial charge in [-0.25, -0.2) is 4.79 Å². The van der Waals surface area contributed by atoms with Crippen molar-refractivity contribution in [1.29, 1.82) is 0 Å². The molecule has 146 valence electrons. The van der Waals surface area contributed by atoms with Gasteiger partial charge in [-0.2, -0.15) is 4.80 Å². The molecular weight excluding hydrogens is 352 g/mol. The van der Waals surface area contributed by atoms with Crippen molar-refractivity contribution in [3.8, 4) is 5.69 Å². The predicted octanol–water partition coefficient (Wildman–Crippen LogP) is 3.89. The lowest BCUT2D eigenvalue weighted by Gasteiger charge is -2.45. The first-order valence-electron chi connectivity index (χ1n) is 9.64. The van der Waals surface area contributed by atoms with Crippen LogP contribution in [0.4, 0.5) is 0 Å². The summed E-state index contributed by atoms with van der Waals surface area (Å²) in [6, 6.07) is 14.9. The van der Waals surface area contributed by atoms with Crippen molar-refractivity contribution < 1.29 is 9.53 Å². The van der Waals surface area contributed by atoms with E-state index in [2.05, 4.69) is 43.2 Å². The summed E-state index contributed by atoms with van der Waals surface area (Å²) in [6.45, 7) is 8.57. The third kappa shape index (κ3) is 3.92. The number of benzene rings is 2. The predicted molar refractivity (Wildman–Crippen MR) is 109 cm³/mol. The normalized spacial score (nSPS) is 18.9. The molecule has 2 heterocycles. The highest BCUT2D eigenvalue weighted by Gasteiger charge is 2.39. The van der Waals surface area contributed by atoms with Crippen LogP contribution in [0.3, 0.4) is 0 Å². The van der Waals surface area contributed by atoms with Crippen LogP contribution < -0.4 is 5.32 Å². The van der Waals surface area contributed by atoms with Crippen molar-refractivity contribution in [2.24, 2.45) is 0 Å². The SMILES string of the molecule is CC1(C)CC(OC(=O)c2ccc(-n3nc4ccccc4n3)cc2)CC(C)(C)N1. The Morgan fingerprint density at radius 1 is 0.964 bits per heavy atom. The van der Waals surface area contributed by atoms with Crippen molar-refractivity contribution in [3.05, 3.63) is 54.1 Å². The van der Waals surface area contributed by atoms with Gasteiger partial charge in [0.15, 0.2) is 0 Å². The molecule has 1 aromatic heterocycles. The minimum Gasteiger partial charge on any atom is -0.459 e. The van der Waals surface area contributed by atoms with Crippen LogP contribution in [-0.2, 0) is 4.74 Å². The van der Waals surface area contributed by atoms with Crippen LogP contribution in [-0.4, -0.2) is 38.1 Å². The Bertz CT molecular complexity index is 956. The molecule has 0 aliphatic carbocycles. The van der Waals surface area contributed by atoms with E-state index in [9.17, 15) is 4.79 Å². The number of rotatable bonds is 3. The van der Waals surface area contributed by atoms with Crippen molar-refractivity contribution in [1.82, 2.24) is 20.3 Å². The highest BCUT2D eigenvalue weighted by molar-refractivity contribution is 5.89. The van der Waals surface area contributed by atoms with E-state index in [-0.39, 0.29) is 23.2 Å². The lowest BCUT2D eigenvalue weighted by Crippen LogP contribution is -2.59. The van der Waals surface area contributed by atoms with Crippen LogP contribution >= 0.6 is 0 Å². The quantitative estimate of drug-likeness (QED) is 0.701. The van der Waals surface area contributed by atoms with Crippen molar-refractivity contribution in [2.75, 3.05) is 0 Å². The summed E-state index contributed by atoms with van der Waals surface area (Å²) in [6.07, 6.45) is 1.49. The van der Waals surface area contributed by atoms with Gasteiger partial charge in [-0.15, -0.1) is 10.2 Å². The summed E-state index contributed by atoms with van der Waals surface area (Å²) in [5.41, 5.74) is 2.88. The molecule has 28 heavy (non-hydrogen) atoms. The van der Waals surface area contributed by atoms with Gasteiger partial charge in [0.25, 0.3) is 0 Å². The Hall–Kier alpha value is -2.73. The lowest BCUT2D eigenvalue weighted by atomic mass is 9.81. The number of fused-ring (bicyclic) bond motifs is 1. The molecule has 0 spiro atoms. The molecular formula is C22H26N4O2. The second-order valence-corrected chi connectivity index (χ2v) is 8.85. The third-order valence-corrected chi connectivity index (χ3v) is 5.05. The molecule has 1 aliphatic rings.